The van der Waals surface area contributed by atoms with Crippen LogP contribution < -0.4 is 10.4 Å². The molecule has 0 bridgehead atoms. The van der Waals surface area contributed by atoms with Gasteiger partial charge in [0.2, 0.25) is 0 Å². The number of hydrogen-bond acceptors (Lipinski definition) is 3. The van der Waals surface area contributed by atoms with E-state index in [-0.39, 0.29) is 5.41 Å². The summed E-state index contributed by atoms with van der Waals surface area (Å²) in [5.41, 5.74) is 15.6. The largest absolute Gasteiger partial charge is 0.208 e. The fourth-order valence-electron chi connectivity index (χ4n) is 8.99. The van der Waals surface area contributed by atoms with Gasteiger partial charge in [-0.15, -0.1) is 0 Å². The zero-order valence-electron chi connectivity index (χ0n) is 31.6. The molecule has 7 aromatic carbocycles. The minimum Gasteiger partial charge on any atom is -0.208 e. The highest BCUT2D eigenvalue weighted by Gasteiger charge is 2.38. The van der Waals surface area contributed by atoms with Gasteiger partial charge in [0, 0.05) is 16.7 Å². The number of fused-ring (bicyclic) bond motifs is 6. The molecule has 8 aromatic rings. The number of hydrogen-bond donors (Lipinski definition) is 0. The molecule has 0 radical (unpaired) electrons. The first kappa shape index (κ1) is 33.3. The first-order valence-electron chi connectivity index (χ1n) is 19.2. The Bertz CT molecular complexity index is 2770. The zero-order chi connectivity index (χ0) is 37.3. The van der Waals surface area contributed by atoms with Crippen molar-refractivity contribution in [2.45, 2.75) is 38.8 Å². The third kappa shape index (κ3) is 5.59. The third-order valence-corrected chi connectivity index (χ3v) is 15.4. The number of rotatable bonds is 5. The SMILES string of the molecule is CC1(C)Cc2ccc(-c3nc(-c4ccccc4)nc(-c4cc5c(cc4-c4ccccc4)[Si](C)(C)c4ccccc4-5)n3)cc2-c2cc(-c3ccccc3)ccc21. The van der Waals surface area contributed by atoms with E-state index in [1.807, 2.05) is 6.07 Å². The predicted octanol–water partition coefficient (Wildman–Crippen LogP) is 11.5. The van der Waals surface area contributed by atoms with Crippen molar-refractivity contribution in [2.75, 3.05) is 0 Å². The maximum atomic E-state index is 5.39. The molecule has 2 aliphatic rings. The predicted molar refractivity (Wildman–Crippen MR) is 231 cm³/mol. The summed E-state index contributed by atoms with van der Waals surface area (Å²) in [7, 11) is -1.93. The number of benzene rings is 7. The average Bonchev–Trinajstić information content (AvgIpc) is 3.46. The second-order valence-electron chi connectivity index (χ2n) is 16.2. The van der Waals surface area contributed by atoms with Crippen LogP contribution in [-0.2, 0) is 11.8 Å². The molecule has 1 aliphatic heterocycles. The lowest BCUT2D eigenvalue weighted by Crippen LogP contribution is -2.49. The maximum absolute atomic E-state index is 5.39. The Morgan fingerprint density at radius 2 is 0.982 bits per heavy atom. The van der Waals surface area contributed by atoms with E-state index in [2.05, 4.69) is 185 Å². The highest BCUT2D eigenvalue weighted by molar-refractivity contribution is 7.03. The van der Waals surface area contributed by atoms with Crippen molar-refractivity contribution in [3.63, 3.8) is 0 Å². The van der Waals surface area contributed by atoms with Crippen LogP contribution in [0.25, 0.3) is 78.7 Å². The molecule has 264 valence electrons. The summed E-state index contributed by atoms with van der Waals surface area (Å²) < 4.78 is 0. The van der Waals surface area contributed by atoms with Crippen molar-refractivity contribution >= 4 is 18.4 Å². The minimum absolute atomic E-state index is 0.0112. The molecule has 0 atom stereocenters. The summed E-state index contributed by atoms with van der Waals surface area (Å²) in [4.78, 5) is 15.9. The van der Waals surface area contributed by atoms with E-state index >= 15 is 0 Å². The fraction of sp³-hybridized carbons (Fsp3) is 0.118. The molecular weight excluding hydrogens is 683 g/mol. The Morgan fingerprint density at radius 3 is 1.71 bits per heavy atom. The topological polar surface area (TPSA) is 38.7 Å². The van der Waals surface area contributed by atoms with Gasteiger partial charge in [0.05, 0.1) is 0 Å². The average molecular weight is 724 g/mol. The fourth-order valence-corrected chi connectivity index (χ4v) is 12.1. The molecule has 1 aromatic heterocycles. The summed E-state index contributed by atoms with van der Waals surface area (Å²) in [6, 6.07) is 59.3. The van der Waals surface area contributed by atoms with Crippen LogP contribution in [0.3, 0.4) is 0 Å². The van der Waals surface area contributed by atoms with Crippen LogP contribution in [0.1, 0.15) is 25.0 Å². The molecule has 0 amide bonds. The van der Waals surface area contributed by atoms with Crippen LogP contribution >= 0.6 is 0 Å². The second kappa shape index (κ2) is 12.7. The quantitative estimate of drug-likeness (QED) is 0.166. The van der Waals surface area contributed by atoms with Crippen LogP contribution in [0.4, 0.5) is 0 Å². The van der Waals surface area contributed by atoms with E-state index < -0.39 is 8.07 Å². The summed E-state index contributed by atoms with van der Waals surface area (Å²) in [6.07, 6.45) is 0.967. The van der Waals surface area contributed by atoms with Gasteiger partial charge in [-0.05, 0) is 96.0 Å². The van der Waals surface area contributed by atoms with Crippen molar-refractivity contribution < 1.29 is 0 Å². The lowest BCUT2D eigenvalue weighted by atomic mass is 9.69. The highest BCUT2D eigenvalue weighted by Crippen LogP contribution is 2.46. The van der Waals surface area contributed by atoms with Gasteiger partial charge in [0.1, 0.15) is 8.07 Å². The van der Waals surface area contributed by atoms with E-state index in [4.69, 9.17) is 15.0 Å². The highest BCUT2D eigenvalue weighted by atomic mass is 28.3. The summed E-state index contributed by atoms with van der Waals surface area (Å²) in [5.74, 6) is 2.02. The molecular formula is C51H41N3Si. The number of aromatic nitrogens is 3. The smallest absolute Gasteiger partial charge is 0.164 e. The van der Waals surface area contributed by atoms with Crippen molar-refractivity contribution in [1.29, 1.82) is 0 Å². The monoisotopic (exact) mass is 723 g/mol. The van der Waals surface area contributed by atoms with Gasteiger partial charge >= 0.3 is 0 Å². The summed E-state index contributed by atoms with van der Waals surface area (Å²) >= 11 is 0. The Kier molecular flexibility index (Phi) is 7.69. The molecule has 0 saturated heterocycles. The number of nitrogens with zero attached hydrogens (tertiary/aromatic N) is 3. The molecule has 4 heteroatoms. The summed E-state index contributed by atoms with van der Waals surface area (Å²) in [5, 5.41) is 2.94. The minimum atomic E-state index is -1.93. The lowest BCUT2D eigenvalue weighted by Gasteiger charge is -2.34. The van der Waals surface area contributed by atoms with Crippen LogP contribution in [0.5, 0.6) is 0 Å². The summed E-state index contributed by atoms with van der Waals surface area (Å²) in [6.45, 7) is 9.66. The molecule has 10 rings (SSSR count). The second-order valence-corrected chi connectivity index (χ2v) is 20.5. The Hall–Kier alpha value is -6.23. The van der Waals surface area contributed by atoms with Gasteiger partial charge in [-0.25, -0.2) is 15.0 Å². The molecule has 0 fully saturated rings. The molecule has 3 nitrogen and oxygen atoms in total. The van der Waals surface area contributed by atoms with Crippen molar-refractivity contribution in [1.82, 2.24) is 15.0 Å². The van der Waals surface area contributed by atoms with Crippen LogP contribution in [-0.4, -0.2) is 23.0 Å². The van der Waals surface area contributed by atoms with Crippen LogP contribution in [0, 0.1) is 0 Å². The normalized spacial score (nSPS) is 14.4. The van der Waals surface area contributed by atoms with Gasteiger partial charge in [-0.2, -0.15) is 0 Å². The van der Waals surface area contributed by atoms with Gasteiger partial charge in [0.25, 0.3) is 0 Å². The first-order chi connectivity index (χ1) is 26.7. The molecule has 1 aliphatic carbocycles. The Labute approximate surface area is 324 Å². The van der Waals surface area contributed by atoms with E-state index in [0.717, 1.165) is 34.2 Å². The van der Waals surface area contributed by atoms with Crippen molar-refractivity contribution in [2.24, 2.45) is 0 Å². The molecule has 0 spiro atoms. The van der Waals surface area contributed by atoms with Gasteiger partial charge in [-0.3, -0.25) is 0 Å². The van der Waals surface area contributed by atoms with Crippen LogP contribution in [0.15, 0.2) is 164 Å². The van der Waals surface area contributed by atoms with Crippen molar-refractivity contribution in [3.8, 4) is 78.7 Å². The molecule has 55 heavy (non-hydrogen) atoms. The van der Waals surface area contributed by atoms with Crippen LogP contribution in [0.2, 0.25) is 13.1 Å². The van der Waals surface area contributed by atoms with Crippen molar-refractivity contribution in [3.05, 3.63) is 175 Å². The van der Waals surface area contributed by atoms with Gasteiger partial charge < -0.3 is 0 Å². The van der Waals surface area contributed by atoms with E-state index in [9.17, 15) is 0 Å². The first-order valence-corrected chi connectivity index (χ1v) is 22.2. The maximum Gasteiger partial charge on any atom is 0.164 e. The lowest BCUT2D eigenvalue weighted by molar-refractivity contribution is 0.517. The molecule has 2 heterocycles. The Balaban J connectivity index is 1.20. The van der Waals surface area contributed by atoms with Gasteiger partial charge in [0.15, 0.2) is 17.5 Å². The third-order valence-electron chi connectivity index (χ3n) is 11.9. The molecule has 0 saturated carbocycles. The standard InChI is InChI=1S/C51H41N3Si/c1-51(2)32-38-25-24-37(29-40(38)42-28-36(26-27-45(42)51)33-16-8-5-9-17-33)49-52-48(35-20-12-7-13-21-35)53-50(54-49)44-30-43-39-22-14-15-23-46(39)55(3,4)47(43)31-41(44)34-18-10-6-11-19-34/h5-31H,32H2,1-4H3. The van der Waals surface area contributed by atoms with E-state index in [1.54, 1.807) is 0 Å². The Morgan fingerprint density at radius 1 is 0.400 bits per heavy atom. The van der Waals surface area contributed by atoms with E-state index in [1.165, 1.54) is 54.9 Å². The van der Waals surface area contributed by atoms with Gasteiger partial charge in [-0.1, -0.05) is 173 Å². The zero-order valence-corrected chi connectivity index (χ0v) is 32.6. The molecule has 0 N–H and O–H groups in total. The molecule has 0 unspecified atom stereocenters. The van der Waals surface area contributed by atoms with E-state index in [0.29, 0.717) is 17.5 Å².